The van der Waals surface area contributed by atoms with Crippen molar-refractivity contribution in [2.75, 3.05) is 17.2 Å². The minimum Gasteiger partial charge on any atom is -0.384 e. The summed E-state index contributed by atoms with van der Waals surface area (Å²) in [5.41, 5.74) is 6.61. The van der Waals surface area contributed by atoms with Crippen molar-refractivity contribution in [1.29, 1.82) is 0 Å². The number of anilines is 2. The number of nitrogens with zero attached hydrogens (tertiary/aromatic N) is 2. The van der Waals surface area contributed by atoms with Gasteiger partial charge in [0.2, 0.25) is 0 Å². The fourth-order valence-electron chi connectivity index (χ4n) is 4.35. The average molecular weight is 678 g/mol. The quantitative estimate of drug-likeness (QED) is 0.0721. The Bertz CT molecular complexity index is 1260. The van der Waals surface area contributed by atoms with Crippen molar-refractivity contribution in [3.63, 3.8) is 0 Å². The first-order valence-electron chi connectivity index (χ1n) is 12.0. The van der Waals surface area contributed by atoms with Gasteiger partial charge in [0.15, 0.2) is 0 Å². The normalized spacial score (nSPS) is 11.8. The number of benzene rings is 2. The van der Waals surface area contributed by atoms with Gasteiger partial charge in [-0.15, -0.1) is 0 Å². The van der Waals surface area contributed by atoms with E-state index in [1.54, 1.807) is 0 Å². The molecule has 2 heterocycles. The molecular formula is C28H32I2N4. The van der Waals surface area contributed by atoms with Gasteiger partial charge in [-0.3, -0.25) is 9.97 Å². The third-order valence-electron chi connectivity index (χ3n) is 5.99. The van der Waals surface area contributed by atoms with Crippen molar-refractivity contribution in [2.24, 2.45) is 0 Å². The summed E-state index contributed by atoms with van der Waals surface area (Å²) >= 11 is 5.11. The van der Waals surface area contributed by atoms with Crippen LogP contribution >= 0.6 is 45.2 Å². The molecule has 2 N–H and O–H groups in total. The molecule has 0 aliphatic carbocycles. The Morgan fingerprint density at radius 2 is 1.24 bits per heavy atom. The van der Waals surface area contributed by atoms with Gasteiger partial charge in [-0.2, -0.15) is 0 Å². The van der Waals surface area contributed by atoms with Gasteiger partial charge in [0.1, 0.15) is 1.55 Å². The summed E-state index contributed by atoms with van der Waals surface area (Å²) in [5, 5.41) is 9.80. The largest absolute Gasteiger partial charge is 0.384 e. The predicted octanol–water partition coefficient (Wildman–Crippen LogP) is 8.79. The maximum atomic E-state index is 4.66. The van der Waals surface area contributed by atoms with E-state index in [-0.39, 0.29) is 1.55 Å². The molecule has 0 amide bonds. The summed E-state index contributed by atoms with van der Waals surface area (Å²) in [6, 6.07) is 21.1. The lowest BCUT2D eigenvalue weighted by Crippen LogP contribution is -2.23. The second-order valence-electron chi connectivity index (χ2n) is 8.93. The zero-order valence-corrected chi connectivity index (χ0v) is 24.2. The highest BCUT2D eigenvalue weighted by molar-refractivity contribution is 14.2. The molecule has 0 atom stereocenters. The van der Waals surface area contributed by atoms with E-state index in [2.05, 4.69) is 140 Å². The Hall–Kier alpha value is -1.68. The van der Waals surface area contributed by atoms with E-state index in [0.717, 1.165) is 35.4 Å². The van der Waals surface area contributed by atoms with Crippen LogP contribution in [0.25, 0.3) is 21.8 Å². The highest BCUT2D eigenvalue weighted by Gasteiger charge is 2.22. The first-order chi connectivity index (χ1) is 16.4. The number of unbranched alkanes of at least 4 members (excludes halogenated alkanes) is 4. The van der Waals surface area contributed by atoms with Gasteiger partial charge in [-0.25, -0.2) is 0 Å². The van der Waals surface area contributed by atoms with E-state index >= 15 is 0 Å². The first-order valence-corrected chi connectivity index (χ1v) is 14.2. The second kappa shape index (κ2) is 11.8. The van der Waals surface area contributed by atoms with Gasteiger partial charge in [-0.05, 0) is 103 Å². The highest BCUT2D eigenvalue weighted by atomic mass is 127. The van der Waals surface area contributed by atoms with Crippen LogP contribution in [0.5, 0.6) is 0 Å². The number of rotatable bonds is 11. The molecule has 0 fully saturated rings. The molecule has 0 saturated carbocycles. The van der Waals surface area contributed by atoms with Crippen molar-refractivity contribution in [2.45, 2.75) is 53.9 Å². The van der Waals surface area contributed by atoms with Gasteiger partial charge in [0.25, 0.3) is 0 Å². The minimum atomic E-state index is -0.00605. The fourth-order valence-corrected chi connectivity index (χ4v) is 5.69. The molecule has 178 valence electrons. The number of aromatic nitrogens is 2. The molecule has 34 heavy (non-hydrogen) atoms. The third-order valence-corrected chi connectivity index (χ3v) is 7.61. The SMILES string of the molecule is Cc1cc(NCCCCCCCC(I)(I)Nc2cc(C)nc3ccccc23)c2ccccc2n1. The van der Waals surface area contributed by atoms with Gasteiger partial charge < -0.3 is 10.6 Å². The van der Waals surface area contributed by atoms with Crippen LogP contribution in [0.15, 0.2) is 60.7 Å². The van der Waals surface area contributed by atoms with E-state index in [1.807, 2.05) is 0 Å². The van der Waals surface area contributed by atoms with Gasteiger partial charge in [0, 0.05) is 40.1 Å². The molecule has 0 radical (unpaired) electrons. The summed E-state index contributed by atoms with van der Waals surface area (Å²) in [6.07, 6.45) is 7.34. The van der Waals surface area contributed by atoms with Crippen LogP contribution in [-0.2, 0) is 0 Å². The lowest BCUT2D eigenvalue weighted by Gasteiger charge is -2.25. The minimum absolute atomic E-state index is 0.00605. The Morgan fingerprint density at radius 3 is 1.91 bits per heavy atom. The van der Waals surface area contributed by atoms with Crippen LogP contribution in [-0.4, -0.2) is 18.1 Å². The lowest BCUT2D eigenvalue weighted by molar-refractivity contribution is 0.603. The molecular weight excluding hydrogens is 646 g/mol. The van der Waals surface area contributed by atoms with Crippen LogP contribution in [0.1, 0.15) is 49.9 Å². The number of pyridine rings is 2. The summed E-state index contributed by atoms with van der Waals surface area (Å²) in [7, 11) is 0. The zero-order valence-electron chi connectivity index (χ0n) is 19.9. The van der Waals surface area contributed by atoms with Crippen molar-refractivity contribution in [1.82, 2.24) is 9.97 Å². The first kappa shape index (κ1) is 25.4. The second-order valence-corrected chi connectivity index (χ2v) is 14.7. The summed E-state index contributed by atoms with van der Waals surface area (Å²) in [4.78, 5) is 9.29. The molecule has 0 aliphatic rings. The van der Waals surface area contributed by atoms with Crippen molar-refractivity contribution in [3.8, 4) is 0 Å². The Balaban J connectivity index is 1.18. The van der Waals surface area contributed by atoms with Gasteiger partial charge in [0.05, 0.1) is 11.0 Å². The molecule has 0 saturated heterocycles. The number of aryl methyl sites for hydroxylation is 2. The molecule has 0 spiro atoms. The van der Waals surface area contributed by atoms with Crippen LogP contribution < -0.4 is 10.6 Å². The molecule has 0 bridgehead atoms. The average Bonchev–Trinajstić information content (AvgIpc) is 2.80. The number of hydrogen-bond acceptors (Lipinski definition) is 4. The number of nitrogens with one attached hydrogen (secondary N) is 2. The molecule has 0 unspecified atom stereocenters. The molecule has 4 aromatic rings. The van der Waals surface area contributed by atoms with E-state index < -0.39 is 0 Å². The van der Waals surface area contributed by atoms with Crippen molar-refractivity contribution < 1.29 is 0 Å². The Kier molecular flexibility index (Phi) is 8.85. The summed E-state index contributed by atoms with van der Waals surface area (Å²) in [5.74, 6) is 0. The summed E-state index contributed by atoms with van der Waals surface area (Å²) in [6.45, 7) is 5.13. The van der Waals surface area contributed by atoms with E-state index in [4.69, 9.17) is 0 Å². The van der Waals surface area contributed by atoms with Crippen LogP contribution in [0.2, 0.25) is 0 Å². The van der Waals surface area contributed by atoms with Crippen LogP contribution in [0.3, 0.4) is 0 Å². The molecule has 4 rings (SSSR count). The number of halogens is 2. The fraction of sp³-hybridized carbons (Fsp3) is 0.357. The van der Waals surface area contributed by atoms with Crippen molar-refractivity contribution in [3.05, 3.63) is 72.1 Å². The van der Waals surface area contributed by atoms with Crippen LogP contribution in [0.4, 0.5) is 11.4 Å². The molecule has 0 aliphatic heterocycles. The molecule has 2 aromatic heterocycles. The lowest BCUT2D eigenvalue weighted by atomic mass is 10.1. The number of fused-ring (bicyclic) bond motifs is 2. The summed E-state index contributed by atoms with van der Waals surface area (Å²) < 4.78 is -0.00605. The van der Waals surface area contributed by atoms with E-state index in [0.29, 0.717) is 0 Å². The molecule has 2 aromatic carbocycles. The predicted molar refractivity (Wildman–Crippen MR) is 164 cm³/mol. The maximum absolute atomic E-state index is 4.66. The number of hydrogen-bond donors (Lipinski definition) is 2. The zero-order chi connectivity index (χ0) is 24.0. The standard InChI is InChI=1S/C28H32I2N4/c1-20-18-26(22-12-6-8-14-24(22)32-20)31-17-11-5-3-4-10-16-28(29,30)34-27-19-21(2)33-25-15-9-7-13-23(25)27/h6-9,12-15,18-19H,3-5,10-11,16-17H2,1-2H3,(H,31,32)(H,33,34). The Morgan fingerprint density at radius 1 is 0.706 bits per heavy atom. The number of para-hydroxylation sites is 2. The highest BCUT2D eigenvalue weighted by Crippen LogP contribution is 2.37. The molecule has 6 heteroatoms. The van der Waals surface area contributed by atoms with Crippen LogP contribution in [0, 0.1) is 13.8 Å². The van der Waals surface area contributed by atoms with Gasteiger partial charge >= 0.3 is 0 Å². The van der Waals surface area contributed by atoms with E-state index in [9.17, 15) is 0 Å². The molecule has 4 nitrogen and oxygen atoms in total. The van der Waals surface area contributed by atoms with E-state index in [1.165, 1.54) is 54.3 Å². The van der Waals surface area contributed by atoms with Gasteiger partial charge in [-0.1, -0.05) is 55.7 Å². The van der Waals surface area contributed by atoms with Crippen molar-refractivity contribution >= 4 is 78.4 Å². The topological polar surface area (TPSA) is 49.8 Å². The Labute approximate surface area is 230 Å². The maximum Gasteiger partial charge on any atom is 0.141 e. The third kappa shape index (κ3) is 6.93. The number of alkyl halides is 2. The smallest absolute Gasteiger partial charge is 0.141 e. The monoisotopic (exact) mass is 678 g/mol.